The summed E-state index contributed by atoms with van der Waals surface area (Å²) in [4.78, 5) is 14.4. The molecular formula is C16H24N2O3S. The lowest BCUT2D eigenvalue weighted by molar-refractivity contribution is -0.113. The van der Waals surface area contributed by atoms with Gasteiger partial charge in [-0.15, -0.1) is 0 Å². The van der Waals surface area contributed by atoms with E-state index in [-0.39, 0.29) is 5.91 Å². The number of carbonyl (C=O) groups is 1. The summed E-state index contributed by atoms with van der Waals surface area (Å²) < 4.78 is 10.8. The molecule has 1 aromatic carbocycles. The second kappa shape index (κ2) is 9.71. The van der Waals surface area contributed by atoms with Crippen LogP contribution in [0.5, 0.6) is 5.75 Å². The average molecular weight is 324 g/mol. The maximum absolute atomic E-state index is 12.0. The summed E-state index contributed by atoms with van der Waals surface area (Å²) >= 11 is 1.66. The van der Waals surface area contributed by atoms with Gasteiger partial charge in [0.05, 0.1) is 31.3 Å². The van der Waals surface area contributed by atoms with Crippen molar-refractivity contribution >= 4 is 23.4 Å². The van der Waals surface area contributed by atoms with E-state index in [2.05, 4.69) is 10.2 Å². The highest BCUT2D eigenvalue weighted by atomic mass is 32.2. The fourth-order valence-corrected chi connectivity index (χ4v) is 3.01. The Bertz CT molecular complexity index is 464. The van der Waals surface area contributed by atoms with Crippen molar-refractivity contribution in [1.82, 2.24) is 4.90 Å². The van der Waals surface area contributed by atoms with E-state index in [1.807, 2.05) is 31.2 Å². The molecule has 0 saturated carbocycles. The number of hydrogen-bond acceptors (Lipinski definition) is 5. The maximum atomic E-state index is 12.0. The van der Waals surface area contributed by atoms with Crippen LogP contribution in [-0.4, -0.2) is 61.8 Å². The van der Waals surface area contributed by atoms with E-state index in [1.54, 1.807) is 11.8 Å². The molecule has 0 aromatic heterocycles. The maximum Gasteiger partial charge on any atom is 0.234 e. The first-order valence-corrected chi connectivity index (χ1v) is 8.84. The van der Waals surface area contributed by atoms with Gasteiger partial charge in [-0.3, -0.25) is 9.69 Å². The average Bonchev–Trinajstić information content (AvgIpc) is 2.55. The van der Waals surface area contributed by atoms with Crippen LogP contribution in [0.1, 0.15) is 6.92 Å². The van der Waals surface area contributed by atoms with Crippen LogP contribution >= 0.6 is 11.8 Å². The fourth-order valence-electron chi connectivity index (χ4n) is 2.22. The highest BCUT2D eigenvalue weighted by molar-refractivity contribution is 7.99. The van der Waals surface area contributed by atoms with Crippen molar-refractivity contribution in [1.29, 1.82) is 0 Å². The molecule has 1 heterocycles. The van der Waals surface area contributed by atoms with Gasteiger partial charge in [0.15, 0.2) is 0 Å². The molecule has 0 spiro atoms. The Hall–Kier alpha value is -1.24. The zero-order chi connectivity index (χ0) is 15.6. The van der Waals surface area contributed by atoms with Crippen LogP contribution in [-0.2, 0) is 9.53 Å². The van der Waals surface area contributed by atoms with E-state index in [0.717, 1.165) is 50.0 Å². The lowest BCUT2D eigenvalue weighted by atomic mass is 10.3. The van der Waals surface area contributed by atoms with Crippen molar-refractivity contribution in [3.63, 3.8) is 0 Å². The van der Waals surface area contributed by atoms with Gasteiger partial charge in [-0.2, -0.15) is 11.8 Å². The zero-order valence-electron chi connectivity index (χ0n) is 13.0. The quantitative estimate of drug-likeness (QED) is 0.742. The van der Waals surface area contributed by atoms with Crippen LogP contribution in [0.25, 0.3) is 0 Å². The molecule has 0 bridgehead atoms. The van der Waals surface area contributed by atoms with Crippen LogP contribution in [0.15, 0.2) is 24.3 Å². The van der Waals surface area contributed by atoms with Gasteiger partial charge in [0.1, 0.15) is 5.75 Å². The molecule has 2 rings (SSSR count). The molecule has 0 radical (unpaired) electrons. The standard InChI is InChI=1S/C16H24N2O3S/c1-2-21-15-6-4-3-5-14(15)17-16(19)13-22-12-9-18-7-10-20-11-8-18/h3-6H,2,7-13H2,1H3,(H,17,19). The Morgan fingerprint density at radius 3 is 2.91 bits per heavy atom. The molecule has 0 atom stereocenters. The van der Waals surface area contributed by atoms with Gasteiger partial charge in [-0.25, -0.2) is 0 Å². The van der Waals surface area contributed by atoms with Gasteiger partial charge in [-0.1, -0.05) is 12.1 Å². The van der Waals surface area contributed by atoms with Gasteiger partial charge >= 0.3 is 0 Å². The molecule has 0 aliphatic carbocycles. The number of morpholine rings is 1. The summed E-state index contributed by atoms with van der Waals surface area (Å²) in [6.45, 7) is 7.15. The van der Waals surface area contributed by atoms with E-state index < -0.39 is 0 Å². The van der Waals surface area contributed by atoms with Crippen LogP contribution in [0.4, 0.5) is 5.69 Å². The molecule has 1 aromatic rings. The highest BCUT2D eigenvalue weighted by Crippen LogP contribution is 2.23. The number of carbonyl (C=O) groups excluding carboxylic acids is 1. The van der Waals surface area contributed by atoms with Crippen LogP contribution in [0, 0.1) is 0 Å². The number of nitrogens with zero attached hydrogens (tertiary/aromatic N) is 1. The SMILES string of the molecule is CCOc1ccccc1NC(=O)CSCCN1CCOCC1. The second-order valence-electron chi connectivity index (χ2n) is 4.98. The number of nitrogens with one attached hydrogen (secondary N) is 1. The molecule has 122 valence electrons. The Morgan fingerprint density at radius 2 is 2.14 bits per heavy atom. The van der Waals surface area contributed by atoms with Crippen molar-refractivity contribution < 1.29 is 14.3 Å². The predicted octanol–water partition coefficient (Wildman–Crippen LogP) is 2.09. The molecule has 1 amide bonds. The summed E-state index contributed by atoms with van der Waals surface area (Å²) in [7, 11) is 0. The Morgan fingerprint density at radius 1 is 1.36 bits per heavy atom. The van der Waals surface area contributed by atoms with Gasteiger partial charge < -0.3 is 14.8 Å². The Labute approximate surface area is 136 Å². The smallest absolute Gasteiger partial charge is 0.234 e. The van der Waals surface area contributed by atoms with E-state index in [9.17, 15) is 4.79 Å². The van der Waals surface area contributed by atoms with Gasteiger partial charge in [-0.05, 0) is 19.1 Å². The van der Waals surface area contributed by atoms with E-state index in [4.69, 9.17) is 9.47 Å². The first-order chi connectivity index (χ1) is 10.8. The third-order valence-electron chi connectivity index (χ3n) is 3.35. The summed E-state index contributed by atoms with van der Waals surface area (Å²) in [6.07, 6.45) is 0. The van der Waals surface area contributed by atoms with Gasteiger partial charge in [0.25, 0.3) is 0 Å². The minimum atomic E-state index is 0.0131. The lowest BCUT2D eigenvalue weighted by Crippen LogP contribution is -2.37. The summed E-state index contributed by atoms with van der Waals surface area (Å²) in [5.41, 5.74) is 0.739. The highest BCUT2D eigenvalue weighted by Gasteiger charge is 2.11. The largest absolute Gasteiger partial charge is 0.492 e. The number of hydrogen-bond donors (Lipinski definition) is 1. The first kappa shape index (κ1) is 17.1. The molecule has 1 N–H and O–H groups in total. The molecule has 1 aliphatic heterocycles. The minimum Gasteiger partial charge on any atom is -0.492 e. The molecule has 0 unspecified atom stereocenters. The van der Waals surface area contributed by atoms with Gasteiger partial charge in [0, 0.05) is 25.4 Å². The lowest BCUT2D eigenvalue weighted by Gasteiger charge is -2.26. The van der Waals surface area contributed by atoms with Gasteiger partial charge in [0.2, 0.25) is 5.91 Å². The third-order valence-corrected chi connectivity index (χ3v) is 4.29. The monoisotopic (exact) mass is 324 g/mol. The molecule has 1 aliphatic rings. The van der Waals surface area contributed by atoms with E-state index in [1.165, 1.54) is 0 Å². The second-order valence-corrected chi connectivity index (χ2v) is 6.09. The van der Waals surface area contributed by atoms with Crippen molar-refractivity contribution in [2.45, 2.75) is 6.92 Å². The number of benzene rings is 1. The molecular weight excluding hydrogens is 300 g/mol. The van der Waals surface area contributed by atoms with Crippen molar-refractivity contribution in [2.75, 3.05) is 56.3 Å². The normalized spacial score (nSPS) is 15.5. The fraction of sp³-hybridized carbons (Fsp3) is 0.562. The number of rotatable bonds is 8. The first-order valence-electron chi connectivity index (χ1n) is 7.69. The summed E-state index contributed by atoms with van der Waals surface area (Å²) in [6, 6.07) is 7.52. The summed E-state index contributed by atoms with van der Waals surface area (Å²) in [5, 5.41) is 2.92. The Kier molecular flexibility index (Phi) is 7.56. The number of ether oxygens (including phenoxy) is 2. The van der Waals surface area contributed by atoms with Crippen LogP contribution < -0.4 is 10.1 Å². The van der Waals surface area contributed by atoms with Crippen LogP contribution in [0.2, 0.25) is 0 Å². The molecule has 1 saturated heterocycles. The number of para-hydroxylation sites is 2. The number of anilines is 1. The minimum absolute atomic E-state index is 0.0131. The molecule has 6 heteroatoms. The van der Waals surface area contributed by atoms with E-state index >= 15 is 0 Å². The van der Waals surface area contributed by atoms with Crippen molar-refractivity contribution in [3.05, 3.63) is 24.3 Å². The molecule has 5 nitrogen and oxygen atoms in total. The Balaban J connectivity index is 1.67. The van der Waals surface area contributed by atoms with Crippen LogP contribution in [0.3, 0.4) is 0 Å². The third kappa shape index (κ3) is 5.87. The number of thioether (sulfide) groups is 1. The van der Waals surface area contributed by atoms with E-state index in [0.29, 0.717) is 12.4 Å². The predicted molar refractivity (Wildman–Crippen MR) is 90.8 cm³/mol. The van der Waals surface area contributed by atoms with Crippen molar-refractivity contribution in [2.24, 2.45) is 0 Å². The topological polar surface area (TPSA) is 50.8 Å². The zero-order valence-corrected chi connectivity index (χ0v) is 13.9. The summed E-state index contributed by atoms with van der Waals surface area (Å²) in [5.74, 6) is 2.15. The number of amides is 1. The molecule has 1 fully saturated rings. The molecule has 22 heavy (non-hydrogen) atoms. The van der Waals surface area contributed by atoms with Crippen molar-refractivity contribution in [3.8, 4) is 5.75 Å².